The molecule has 130 valence electrons. The molecular formula is C20H19N5O. The molecule has 4 aromatic rings. The van der Waals surface area contributed by atoms with Gasteiger partial charge in [0.1, 0.15) is 5.69 Å². The normalized spacial score (nSPS) is 12.2. The predicted molar refractivity (Wildman–Crippen MR) is 98.7 cm³/mol. The van der Waals surface area contributed by atoms with Crippen LogP contribution in [0.3, 0.4) is 0 Å². The van der Waals surface area contributed by atoms with Gasteiger partial charge >= 0.3 is 0 Å². The minimum atomic E-state index is -0.625. The first-order valence-electron chi connectivity index (χ1n) is 8.45. The molecule has 26 heavy (non-hydrogen) atoms. The predicted octanol–water partition coefficient (Wildman–Crippen LogP) is 3.17. The number of para-hydroxylation sites is 1. The molecule has 0 aliphatic rings. The van der Waals surface area contributed by atoms with Gasteiger partial charge in [0.15, 0.2) is 0 Å². The van der Waals surface area contributed by atoms with Crippen molar-refractivity contribution in [1.82, 2.24) is 24.8 Å². The van der Waals surface area contributed by atoms with Crippen LogP contribution in [-0.4, -0.2) is 29.9 Å². The summed E-state index contributed by atoms with van der Waals surface area (Å²) in [5.74, 6) is 0. The monoisotopic (exact) mass is 345 g/mol. The molecule has 6 nitrogen and oxygen atoms in total. The summed E-state index contributed by atoms with van der Waals surface area (Å²) in [4.78, 5) is 0. The quantitative estimate of drug-likeness (QED) is 0.603. The smallest absolute Gasteiger partial charge is 0.116 e. The average molecular weight is 345 g/mol. The molecule has 4 rings (SSSR count). The first kappa shape index (κ1) is 16.2. The summed E-state index contributed by atoms with van der Waals surface area (Å²) in [6.45, 7) is 2.40. The van der Waals surface area contributed by atoms with Crippen LogP contribution < -0.4 is 0 Å². The van der Waals surface area contributed by atoms with Gasteiger partial charge in [0.05, 0.1) is 30.7 Å². The van der Waals surface area contributed by atoms with E-state index in [1.165, 1.54) is 0 Å². The number of hydrogen-bond acceptors (Lipinski definition) is 4. The lowest BCUT2D eigenvalue weighted by Crippen LogP contribution is -2.09. The summed E-state index contributed by atoms with van der Waals surface area (Å²) in [5.41, 5.74) is 4.65. The van der Waals surface area contributed by atoms with Crippen LogP contribution in [0.25, 0.3) is 16.9 Å². The Morgan fingerprint density at radius 1 is 1.00 bits per heavy atom. The van der Waals surface area contributed by atoms with E-state index < -0.39 is 6.10 Å². The molecule has 0 fully saturated rings. The number of aromatic nitrogens is 5. The van der Waals surface area contributed by atoms with Gasteiger partial charge in [-0.25, -0.2) is 9.36 Å². The molecule has 0 aliphatic heterocycles. The zero-order valence-electron chi connectivity index (χ0n) is 14.4. The number of aryl methyl sites for hydroxylation is 1. The molecule has 1 atom stereocenters. The van der Waals surface area contributed by atoms with E-state index in [1.54, 1.807) is 10.9 Å². The lowest BCUT2D eigenvalue weighted by atomic mass is 10.1. The molecule has 2 aromatic heterocycles. The minimum Gasteiger partial charge on any atom is -0.386 e. The van der Waals surface area contributed by atoms with Crippen molar-refractivity contribution in [3.63, 3.8) is 0 Å². The van der Waals surface area contributed by atoms with Crippen molar-refractivity contribution in [3.05, 3.63) is 84.3 Å². The van der Waals surface area contributed by atoms with Gasteiger partial charge in [-0.1, -0.05) is 53.7 Å². The zero-order valence-corrected chi connectivity index (χ0v) is 14.4. The molecule has 0 aliphatic carbocycles. The fourth-order valence-electron chi connectivity index (χ4n) is 2.88. The molecule has 2 heterocycles. The Morgan fingerprint density at radius 2 is 1.77 bits per heavy atom. The van der Waals surface area contributed by atoms with Gasteiger partial charge in [-0.05, 0) is 24.1 Å². The van der Waals surface area contributed by atoms with Crippen molar-refractivity contribution < 1.29 is 5.11 Å². The highest BCUT2D eigenvalue weighted by Crippen LogP contribution is 2.20. The van der Waals surface area contributed by atoms with Gasteiger partial charge in [-0.2, -0.15) is 5.10 Å². The van der Waals surface area contributed by atoms with Crippen molar-refractivity contribution >= 4 is 0 Å². The highest BCUT2D eigenvalue weighted by Gasteiger charge is 2.12. The lowest BCUT2D eigenvalue weighted by molar-refractivity contribution is 0.150. The fraction of sp³-hybridized carbons (Fsp3) is 0.150. The number of aliphatic hydroxyl groups excluding tert-OH is 1. The molecule has 0 saturated carbocycles. The third kappa shape index (κ3) is 3.27. The van der Waals surface area contributed by atoms with E-state index in [9.17, 15) is 5.11 Å². The van der Waals surface area contributed by atoms with Gasteiger partial charge in [0.25, 0.3) is 0 Å². The Labute approximate surface area is 151 Å². The molecule has 6 heteroatoms. The van der Waals surface area contributed by atoms with E-state index >= 15 is 0 Å². The Balaban J connectivity index is 1.53. The Kier molecular flexibility index (Phi) is 4.33. The molecule has 0 spiro atoms. The van der Waals surface area contributed by atoms with Crippen molar-refractivity contribution in [3.8, 4) is 16.9 Å². The molecule has 0 unspecified atom stereocenters. The topological polar surface area (TPSA) is 68.8 Å². The SMILES string of the molecule is Cc1ccccc1-n1cc(-c2cn(C[C@H](O)c3ccccc3)nn2)cn1. The van der Waals surface area contributed by atoms with Gasteiger partial charge in [0.2, 0.25) is 0 Å². The molecular weight excluding hydrogens is 326 g/mol. The van der Waals surface area contributed by atoms with E-state index in [0.717, 1.165) is 28.1 Å². The zero-order chi connectivity index (χ0) is 17.9. The minimum absolute atomic E-state index is 0.350. The number of nitrogens with zero attached hydrogens (tertiary/aromatic N) is 5. The molecule has 0 radical (unpaired) electrons. The molecule has 2 aromatic carbocycles. The highest BCUT2D eigenvalue weighted by atomic mass is 16.3. The molecule has 0 saturated heterocycles. The lowest BCUT2D eigenvalue weighted by Gasteiger charge is -2.09. The van der Waals surface area contributed by atoms with Crippen molar-refractivity contribution in [2.24, 2.45) is 0 Å². The first-order valence-corrected chi connectivity index (χ1v) is 8.45. The van der Waals surface area contributed by atoms with Crippen LogP contribution in [-0.2, 0) is 6.54 Å². The summed E-state index contributed by atoms with van der Waals surface area (Å²) < 4.78 is 3.49. The Bertz CT molecular complexity index is 1010. The van der Waals surface area contributed by atoms with E-state index in [2.05, 4.69) is 28.4 Å². The number of hydrogen-bond donors (Lipinski definition) is 1. The summed E-state index contributed by atoms with van der Waals surface area (Å²) in [6, 6.07) is 17.6. The number of rotatable bonds is 5. The molecule has 0 bridgehead atoms. The highest BCUT2D eigenvalue weighted by molar-refractivity contribution is 5.56. The van der Waals surface area contributed by atoms with Gasteiger partial charge < -0.3 is 5.11 Å². The Hall–Kier alpha value is -3.25. The van der Waals surface area contributed by atoms with Crippen LogP contribution >= 0.6 is 0 Å². The molecule has 1 N–H and O–H groups in total. The van der Waals surface area contributed by atoms with E-state index in [1.807, 2.05) is 65.6 Å². The summed E-state index contributed by atoms with van der Waals surface area (Å²) >= 11 is 0. The third-order valence-electron chi connectivity index (χ3n) is 4.32. The van der Waals surface area contributed by atoms with Crippen LogP contribution in [0.5, 0.6) is 0 Å². The Morgan fingerprint density at radius 3 is 2.58 bits per heavy atom. The number of benzene rings is 2. The largest absolute Gasteiger partial charge is 0.386 e. The van der Waals surface area contributed by atoms with Gasteiger partial charge in [0, 0.05) is 11.8 Å². The van der Waals surface area contributed by atoms with E-state index in [-0.39, 0.29) is 0 Å². The standard InChI is InChI=1S/C20H19N5O/c1-15-7-5-6-10-19(15)25-12-17(11-21-25)18-13-24(23-22-18)14-20(26)16-8-3-2-4-9-16/h2-13,20,26H,14H2,1H3/t20-/m0/s1. The maximum atomic E-state index is 10.3. The van der Waals surface area contributed by atoms with Crippen LogP contribution in [0.1, 0.15) is 17.2 Å². The second-order valence-electron chi connectivity index (χ2n) is 6.21. The van der Waals surface area contributed by atoms with Crippen LogP contribution in [0.4, 0.5) is 0 Å². The van der Waals surface area contributed by atoms with E-state index in [4.69, 9.17) is 0 Å². The second kappa shape index (κ2) is 6.93. The van der Waals surface area contributed by atoms with Crippen molar-refractivity contribution in [2.45, 2.75) is 19.6 Å². The fourth-order valence-corrected chi connectivity index (χ4v) is 2.88. The van der Waals surface area contributed by atoms with Gasteiger partial charge in [-0.15, -0.1) is 5.10 Å². The van der Waals surface area contributed by atoms with Crippen LogP contribution in [0.2, 0.25) is 0 Å². The maximum absolute atomic E-state index is 10.3. The summed E-state index contributed by atoms with van der Waals surface area (Å²) in [7, 11) is 0. The van der Waals surface area contributed by atoms with Crippen LogP contribution in [0.15, 0.2) is 73.2 Å². The molecule has 0 amide bonds. The van der Waals surface area contributed by atoms with Gasteiger partial charge in [-0.3, -0.25) is 0 Å². The van der Waals surface area contributed by atoms with Crippen molar-refractivity contribution in [2.75, 3.05) is 0 Å². The summed E-state index contributed by atoms with van der Waals surface area (Å²) in [5, 5.41) is 23.1. The average Bonchev–Trinajstić information content (AvgIpc) is 3.32. The maximum Gasteiger partial charge on any atom is 0.116 e. The number of aliphatic hydroxyl groups is 1. The second-order valence-corrected chi connectivity index (χ2v) is 6.21. The summed E-state index contributed by atoms with van der Waals surface area (Å²) in [6.07, 6.45) is 4.91. The van der Waals surface area contributed by atoms with Crippen molar-refractivity contribution in [1.29, 1.82) is 0 Å². The first-order chi connectivity index (χ1) is 12.7. The third-order valence-corrected chi connectivity index (χ3v) is 4.32. The van der Waals surface area contributed by atoms with E-state index in [0.29, 0.717) is 6.54 Å². The van der Waals surface area contributed by atoms with Crippen LogP contribution in [0, 0.1) is 6.92 Å².